The molecule has 1 aromatic heterocycles. The summed E-state index contributed by atoms with van der Waals surface area (Å²) >= 11 is 4.80. The number of nitrogens with one attached hydrogen (secondary N) is 2. The topological polar surface area (TPSA) is 56.7 Å². The molecule has 0 saturated heterocycles. The van der Waals surface area contributed by atoms with Gasteiger partial charge in [0.25, 0.3) is 0 Å². The van der Waals surface area contributed by atoms with Crippen LogP contribution in [0.5, 0.6) is 0 Å². The Bertz CT molecular complexity index is 421. The van der Waals surface area contributed by atoms with Crippen LogP contribution in [0.4, 0.5) is 0 Å². The second-order valence-electron chi connectivity index (χ2n) is 4.05. The van der Waals surface area contributed by atoms with Crippen molar-refractivity contribution in [2.75, 3.05) is 20.1 Å². The van der Waals surface area contributed by atoms with Crippen LogP contribution in [-0.2, 0) is 5.60 Å². The molecule has 1 unspecified atom stereocenters. The van der Waals surface area contributed by atoms with E-state index in [4.69, 9.17) is 0 Å². The molecule has 108 valence electrons. The zero-order valence-corrected chi connectivity index (χ0v) is 15.7. The summed E-state index contributed by atoms with van der Waals surface area (Å²) in [7, 11) is 1.69. The van der Waals surface area contributed by atoms with Crippen LogP contribution in [0.25, 0.3) is 0 Å². The second-order valence-corrected chi connectivity index (χ2v) is 6.12. The minimum atomic E-state index is -0.906. The number of halogens is 2. The van der Waals surface area contributed by atoms with Crippen LogP contribution in [0.2, 0.25) is 0 Å². The van der Waals surface area contributed by atoms with E-state index in [-0.39, 0.29) is 24.0 Å². The Morgan fingerprint density at radius 3 is 2.74 bits per heavy atom. The summed E-state index contributed by atoms with van der Waals surface area (Å²) in [5.74, 6) is 0.632. The molecule has 0 aliphatic heterocycles. The number of guanidine groups is 1. The molecule has 0 spiro atoms. The van der Waals surface area contributed by atoms with E-state index in [2.05, 4.69) is 38.1 Å². The predicted molar refractivity (Wildman–Crippen MR) is 96.7 cm³/mol. The fraction of sp³-hybridized carbons (Fsp3) is 0.417. The number of rotatable bonds is 5. The molecule has 0 aliphatic carbocycles. The highest BCUT2D eigenvalue weighted by molar-refractivity contribution is 14.0. The van der Waals surface area contributed by atoms with Crippen molar-refractivity contribution in [1.29, 1.82) is 0 Å². The Labute approximate surface area is 143 Å². The van der Waals surface area contributed by atoms with Crippen molar-refractivity contribution in [1.82, 2.24) is 10.6 Å². The highest BCUT2D eigenvalue weighted by atomic mass is 127. The first-order valence-electron chi connectivity index (χ1n) is 5.50. The van der Waals surface area contributed by atoms with Gasteiger partial charge in [-0.25, -0.2) is 0 Å². The molecule has 0 aromatic carbocycles. The molecule has 3 N–H and O–H groups in total. The Hall–Kier alpha value is -0.120. The smallest absolute Gasteiger partial charge is 0.191 e. The normalized spacial score (nSPS) is 14.2. The van der Waals surface area contributed by atoms with Crippen molar-refractivity contribution in [3.63, 3.8) is 0 Å². The van der Waals surface area contributed by atoms with Gasteiger partial charge in [0, 0.05) is 23.0 Å². The molecule has 0 bridgehead atoms. The maximum absolute atomic E-state index is 10.3. The van der Waals surface area contributed by atoms with Gasteiger partial charge in [0.2, 0.25) is 0 Å². The first kappa shape index (κ1) is 18.9. The van der Waals surface area contributed by atoms with Crippen LogP contribution in [0.1, 0.15) is 11.8 Å². The fourth-order valence-corrected chi connectivity index (χ4v) is 2.26. The highest BCUT2D eigenvalue weighted by Gasteiger charge is 2.24. The van der Waals surface area contributed by atoms with E-state index in [1.54, 1.807) is 14.0 Å². The molecule has 0 fully saturated rings. The molecule has 0 aliphatic rings. The first-order chi connectivity index (χ1) is 8.45. The van der Waals surface area contributed by atoms with Gasteiger partial charge in [0.1, 0.15) is 5.60 Å². The molecule has 1 aromatic rings. The van der Waals surface area contributed by atoms with Gasteiger partial charge in [-0.05, 0) is 18.4 Å². The molecule has 19 heavy (non-hydrogen) atoms. The van der Waals surface area contributed by atoms with Gasteiger partial charge in [-0.2, -0.15) is 0 Å². The van der Waals surface area contributed by atoms with Crippen LogP contribution in [-0.4, -0.2) is 31.2 Å². The largest absolute Gasteiger partial charge is 0.383 e. The summed E-state index contributed by atoms with van der Waals surface area (Å²) in [6.45, 7) is 6.49. The zero-order valence-electron chi connectivity index (χ0n) is 10.9. The molecule has 0 radical (unpaired) electrons. The number of aliphatic imine (C=N–C) groups is 1. The second kappa shape index (κ2) is 8.93. The van der Waals surface area contributed by atoms with Crippen molar-refractivity contribution in [2.24, 2.45) is 4.99 Å². The zero-order chi connectivity index (χ0) is 13.6. The van der Waals surface area contributed by atoms with Crippen LogP contribution in [0, 0.1) is 0 Å². The molecule has 1 rings (SSSR count). The van der Waals surface area contributed by atoms with Crippen molar-refractivity contribution >= 4 is 57.2 Å². The maximum Gasteiger partial charge on any atom is 0.191 e. The Kier molecular flexibility index (Phi) is 8.88. The minimum absolute atomic E-state index is 0. The lowest BCUT2D eigenvalue weighted by Gasteiger charge is -2.23. The standard InChI is InChI=1S/C12H18BrN3OS.HI/c1-9(13)7-15-11(14-3)16-8-12(2,17)10-5-4-6-18-10;/h4-6,17H,1,7-8H2,2-3H3,(H2,14,15,16);1H. The van der Waals surface area contributed by atoms with Gasteiger partial charge in [-0.1, -0.05) is 28.6 Å². The van der Waals surface area contributed by atoms with Crippen LogP contribution in [0.15, 0.2) is 33.6 Å². The third-order valence-corrected chi connectivity index (χ3v) is 3.73. The minimum Gasteiger partial charge on any atom is -0.383 e. The number of aliphatic hydroxyl groups is 1. The number of hydrogen-bond donors (Lipinski definition) is 3. The summed E-state index contributed by atoms with van der Waals surface area (Å²) in [6, 6.07) is 3.85. The summed E-state index contributed by atoms with van der Waals surface area (Å²) in [5.41, 5.74) is -0.906. The molecule has 0 saturated carbocycles. The summed E-state index contributed by atoms with van der Waals surface area (Å²) in [6.07, 6.45) is 0. The Balaban J connectivity index is 0.00000324. The van der Waals surface area contributed by atoms with Crippen LogP contribution < -0.4 is 10.6 Å². The molecule has 4 nitrogen and oxygen atoms in total. The molecular weight excluding hydrogens is 441 g/mol. The van der Waals surface area contributed by atoms with Crippen molar-refractivity contribution < 1.29 is 5.11 Å². The third kappa shape index (κ3) is 6.73. The monoisotopic (exact) mass is 459 g/mol. The van der Waals surface area contributed by atoms with Gasteiger partial charge in [0.15, 0.2) is 5.96 Å². The Morgan fingerprint density at radius 1 is 1.58 bits per heavy atom. The average Bonchev–Trinajstić information content (AvgIpc) is 2.83. The van der Waals surface area contributed by atoms with Crippen molar-refractivity contribution in [3.05, 3.63) is 33.5 Å². The third-order valence-electron chi connectivity index (χ3n) is 2.32. The van der Waals surface area contributed by atoms with Gasteiger partial charge in [-0.15, -0.1) is 35.3 Å². The molecule has 7 heteroatoms. The molecule has 0 amide bonds. The van der Waals surface area contributed by atoms with Crippen LogP contribution in [0.3, 0.4) is 0 Å². The van der Waals surface area contributed by atoms with E-state index in [0.717, 1.165) is 9.36 Å². The van der Waals surface area contributed by atoms with Gasteiger partial charge in [0.05, 0.1) is 6.54 Å². The average molecular weight is 460 g/mol. The predicted octanol–water partition coefficient (Wildman–Crippen LogP) is 2.65. The number of hydrogen-bond acceptors (Lipinski definition) is 3. The van der Waals surface area contributed by atoms with Crippen LogP contribution >= 0.6 is 51.2 Å². The number of nitrogens with zero attached hydrogens (tertiary/aromatic N) is 1. The van der Waals surface area contributed by atoms with E-state index in [9.17, 15) is 5.11 Å². The SMILES string of the molecule is C=C(Br)CNC(=NC)NCC(C)(O)c1cccs1.I. The quantitative estimate of drug-likeness (QED) is 0.360. The van der Waals surface area contributed by atoms with E-state index < -0.39 is 5.60 Å². The van der Waals surface area contributed by atoms with E-state index in [1.807, 2.05) is 17.5 Å². The lowest BCUT2D eigenvalue weighted by molar-refractivity contribution is 0.0655. The Morgan fingerprint density at radius 2 is 2.26 bits per heavy atom. The summed E-state index contributed by atoms with van der Waals surface area (Å²) < 4.78 is 0.843. The van der Waals surface area contributed by atoms with E-state index >= 15 is 0 Å². The molecular formula is C12H19BrIN3OS. The van der Waals surface area contributed by atoms with Gasteiger partial charge < -0.3 is 15.7 Å². The fourth-order valence-electron chi connectivity index (χ4n) is 1.33. The van der Waals surface area contributed by atoms with E-state index in [1.165, 1.54) is 11.3 Å². The highest BCUT2D eigenvalue weighted by Crippen LogP contribution is 2.24. The molecule has 1 heterocycles. The number of thiophene rings is 1. The lowest BCUT2D eigenvalue weighted by atomic mass is 10.1. The van der Waals surface area contributed by atoms with Gasteiger partial charge in [-0.3, -0.25) is 4.99 Å². The summed E-state index contributed by atoms with van der Waals surface area (Å²) in [4.78, 5) is 5.00. The van der Waals surface area contributed by atoms with E-state index in [0.29, 0.717) is 19.0 Å². The van der Waals surface area contributed by atoms with Gasteiger partial charge >= 0.3 is 0 Å². The van der Waals surface area contributed by atoms with Crippen molar-refractivity contribution in [3.8, 4) is 0 Å². The lowest BCUT2D eigenvalue weighted by Crippen LogP contribution is -2.44. The summed E-state index contributed by atoms with van der Waals surface area (Å²) in [5, 5.41) is 18.4. The maximum atomic E-state index is 10.3. The molecule has 1 atom stereocenters. The van der Waals surface area contributed by atoms with Crippen molar-refractivity contribution in [2.45, 2.75) is 12.5 Å². The first-order valence-corrected chi connectivity index (χ1v) is 7.17.